The zero-order chi connectivity index (χ0) is 18.1. The molecule has 0 atom stereocenters. The first-order valence-electron chi connectivity index (χ1n) is 7.94. The number of hydrogen-bond donors (Lipinski definition) is 2. The first kappa shape index (κ1) is 18.7. The number of carboxylic acid groups (broad SMARTS) is 1. The molecule has 1 amide bonds. The number of benzene rings is 1. The lowest BCUT2D eigenvalue weighted by molar-refractivity contribution is 0.0453. The molecule has 1 aromatic carbocycles. The Morgan fingerprint density at radius 1 is 1.08 bits per heavy atom. The number of carboxylic acids is 1. The summed E-state index contributed by atoms with van der Waals surface area (Å²) in [5.41, 5.74) is 1.90. The van der Waals surface area contributed by atoms with Gasteiger partial charge in [0.15, 0.2) is 5.76 Å². The first-order chi connectivity index (χ1) is 12.1. The maximum atomic E-state index is 12.0. The largest absolute Gasteiger partial charge is 0.475 e. The summed E-state index contributed by atoms with van der Waals surface area (Å²) < 4.78 is 15.7. The normalized spacial score (nSPS) is 10.6. The van der Waals surface area contributed by atoms with Crippen LogP contribution in [0.2, 0.25) is 0 Å². The van der Waals surface area contributed by atoms with Gasteiger partial charge in [-0.2, -0.15) is 0 Å². The zero-order valence-corrected chi connectivity index (χ0v) is 14.0. The molecular weight excluding hydrogens is 326 g/mol. The average molecular weight is 347 g/mol. The molecule has 0 aliphatic heterocycles. The van der Waals surface area contributed by atoms with Crippen molar-refractivity contribution >= 4 is 11.9 Å². The monoisotopic (exact) mass is 347 g/mol. The van der Waals surface area contributed by atoms with Gasteiger partial charge in [-0.25, -0.2) is 4.79 Å². The van der Waals surface area contributed by atoms with Crippen LogP contribution in [0.5, 0.6) is 0 Å². The van der Waals surface area contributed by atoms with Gasteiger partial charge in [-0.15, -0.1) is 0 Å². The highest BCUT2D eigenvalue weighted by molar-refractivity contribution is 5.93. The molecule has 0 fully saturated rings. The van der Waals surface area contributed by atoms with Crippen LogP contribution in [0.4, 0.5) is 0 Å². The van der Waals surface area contributed by atoms with Crippen LogP contribution in [0.15, 0.2) is 40.8 Å². The van der Waals surface area contributed by atoms with Crippen LogP contribution in [0.1, 0.15) is 39.2 Å². The predicted molar refractivity (Wildman–Crippen MR) is 89.4 cm³/mol. The average Bonchev–Trinajstić information content (AvgIpc) is 3.10. The molecule has 0 bridgehead atoms. The Kier molecular flexibility index (Phi) is 7.18. The van der Waals surface area contributed by atoms with E-state index in [0.717, 1.165) is 11.1 Å². The quantitative estimate of drug-likeness (QED) is 0.641. The van der Waals surface area contributed by atoms with Crippen LogP contribution in [-0.4, -0.2) is 36.8 Å². The Morgan fingerprint density at radius 2 is 1.80 bits per heavy atom. The van der Waals surface area contributed by atoms with Crippen molar-refractivity contribution in [2.24, 2.45) is 0 Å². The highest BCUT2D eigenvalue weighted by Crippen LogP contribution is 2.10. The van der Waals surface area contributed by atoms with Gasteiger partial charge in [0.2, 0.25) is 5.76 Å². The Hall–Kier alpha value is -2.64. The van der Waals surface area contributed by atoms with Crippen molar-refractivity contribution in [2.75, 3.05) is 19.8 Å². The number of carbonyl (C=O) groups excluding carboxylic acids is 1. The Bertz CT molecular complexity index is 709. The molecule has 1 aromatic heterocycles. The second-order valence-corrected chi connectivity index (χ2v) is 5.22. The summed E-state index contributed by atoms with van der Waals surface area (Å²) in [6.45, 7) is 4.46. The van der Waals surface area contributed by atoms with Gasteiger partial charge >= 0.3 is 5.97 Å². The number of ether oxygens (including phenoxy) is 2. The summed E-state index contributed by atoms with van der Waals surface area (Å²) in [5, 5.41) is 11.5. The molecule has 2 N–H and O–H groups in total. The fourth-order valence-electron chi connectivity index (χ4n) is 2.13. The second-order valence-electron chi connectivity index (χ2n) is 5.22. The molecule has 0 saturated heterocycles. The molecule has 0 spiro atoms. The van der Waals surface area contributed by atoms with E-state index in [1.165, 1.54) is 12.1 Å². The number of amides is 1. The predicted octanol–water partition coefficient (Wildman–Crippen LogP) is 2.46. The van der Waals surface area contributed by atoms with Crippen LogP contribution >= 0.6 is 0 Å². The van der Waals surface area contributed by atoms with Crippen LogP contribution in [0.25, 0.3) is 0 Å². The van der Waals surface area contributed by atoms with Gasteiger partial charge in [-0.3, -0.25) is 4.79 Å². The number of rotatable bonds is 10. The van der Waals surface area contributed by atoms with Crippen molar-refractivity contribution in [3.63, 3.8) is 0 Å². The molecule has 0 saturated carbocycles. The maximum absolute atomic E-state index is 12.0. The van der Waals surface area contributed by atoms with E-state index in [2.05, 4.69) is 5.32 Å². The van der Waals surface area contributed by atoms with Crippen molar-refractivity contribution in [3.05, 3.63) is 59.0 Å². The molecule has 0 unspecified atom stereocenters. The van der Waals surface area contributed by atoms with Crippen molar-refractivity contribution in [3.8, 4) is 0 Å². The first-order valence-corrected chi connectivity index (χ1v) is 7.94. The Labute approximate surface area is 145 Å². The van der Waals surface area contributed by atoms with Crippen LogP contribution in [0, 0.1) is 0 Å². The fraction of sp³-hybridized carbons (Fsp3) is 0.333. The SMILES string of the molecule is CCOCCOCc1cccc(CNC(=O)c2ccc(C(=O)O)o2)c1. The van der Waals surface area contributed by atoms with Gasteiger partial charge in [0, 0.05) is 13.2 Å². The smallest absolute Gasteiger partial charge is 0.371 e. The van der Waals surface area contributed by atoms with Crippen LogP contribution in [-0.2, 0) is 22.6 Å². The van der Waals surface area contributed by atoms with Gasteiger partial charge in [0.05, 0.1) is 19.8 Å². The lowest BCUT2D eigenvalue weighted by Gasteiger charge is -2.08. The molecule has 0 aliphatic rings. The van der Waals surface area contributed by atoms with Gasteiger partial charge in [-0.05, 0) is 30.2 Å². The van der Waals surface area contributed by atoms with E-state index in [4.69, 9.17) is 19.0 Å². The van der Waals surface area contributed by atoms with E-state index in [1.54, 1.807) is 0 Å². The number of aromatic carboxylic acids is 1. The van der Waals surface area contributed by atoms with E-state index in [-0.39, 0.29) is 11.5 Å². The molecule has 134 valence electrons. The summed E-state index contributed by atoms with van der Waals surface area (Å²) in [6.07, 6.45) is 0. The van der Waals surface area contributed by atoms with Crippen molar-refractivity contribution in [2.45, 2.75) is 20.1 Å². The number of carbonyl (C=O) groups is 2. The standard InChI is InChI=1S/C18H21NO6/c1-2-23-8-9-24-12-14-5-3-4-13(10-14)11-19-17(20)15-6-7-16(25-15)18(21)22/h3-7,10H,2,8-9,11-12H2,1H3,(H,19,20)(H,21,22). The van der Waals surface area contributed by atoms with E-state index in [0.29, 0.717) is 33.0 Å². The number of hydrogen-bond acceptors (Lipinski definition) is 5. The molecule has 2 aromatic rings. The van der Waals surface area contributed by atoms with Gasteiger partial charge < -0.3 is 24.3 Å². The van der Waals surface area contributed by atoms with Crippen LogP contribution in [0.3, 0.4) is 0 Å². The minimum Gasteiger partial charge on any atom is -0.475 e. The summed E-state index contributed by atoms with van der Waals surface area (Å²) in [7, 11) is 0. The Morgan fingerprint density at radius 3 is 2.52 bits per heavy atom. The third-order valence-corrected chi connectivity index (χ3v) is 3.33. The molecule has 25 heavy (non-hydrogen) atoms. The van der Waals surface area contributed by atoms with E-state index in [9.17, 15) is 9.59 Å². The van der Waals surface area contributed by atoms with E-state index in [1.807, 2.05) is 31.2 Å². The van der Waals surface area contributed by atoms with Crippen molar-refractivity contribution in [1.29, 1.82) is 0 Å². The second kappa shape index (κ2) is 9.61. The van der Waals surface area contributed by atoms with Crippen LogP contribution < -0.4 is 5.32 Å². The zero-order valence-electron chi connectivity index (χ0n) is 14.0. The lowest BCUT2D eigenvalue weighted by Crippen LogP contribution is -2.22. The highest BCUT2D eigenvalue weighted by atomic mass is 16.5. The van der Waals surface area contributed by atoms with Gasteiger partial charge in [0.1, 0.15) is 0 Å². The summed E-state index contributed by atoms with van der Waals surface area (Å²) in [5.74, 6) is -1.98. The third-order valence-electron chi connectivity index (χ3n) is 3.33. The highest BCUT2D eigenvalue weighted by Gasteiger charge is 2.14. The van der Waals surface area contributed by atoms with Crippen molar-refractivity contribution in [1.82, 2.24) is 5.32 Å². The van der Waals surface area contributed by atoms with E-state index < -0.39 is 11.9 Å². The van der Waals surface area contributed by atoms with Gasteiger partial charge in [0.25, 0.3) is 5.91 Å². The minimum absolute atomic E-state index is 0.0344. The maximum Gasteiger partial charge on any atom is 0.371 e. The topological polar surface area (TPSA) is 98.0 Å². The van der Waals surface area contributed by atoms with Crippen molar-refractivity contribution < 1.29 is 28.6 Å². The summed E-state index contributed by atoms with van der Waals surface area (Å²) in [6, 6.07) is 10.2. The molecule has 1 heterocycles. The van der Waals surface area contributed by atoms with Gasteiger partial charge in [-0.1, -0.05) is 24.3 Å². The molecule has 7 heteroatoms. The molecule has 7 nitrogen and oxygen atoms in total. The molecule has 2 rings (SSSR count). The molecule has 0 radical (unpaired) electrons. The number of furan rings is 1. The summed E-state index contributed by atoms with van der Waals surface area (Å²) >= 11 is 0. The lowest BCUT2D eigenvalue weighted by atomic mass is 10.1. The summed E-state index contributed by atoms with van der Waals surface area (Å²) in [4.78, 5) is 22.7. The number of nitrogens with one attached hydrogen (secondary N) is 1. The fourth-order valence-corrected chi connectivity index (χ4v) is 2.13. The molecule has 0 aliphatic carbocycles. The third kappa shape index (κ3) is 6.06. The van der Waals surface area contributed by atoms with E-state index >= 15 is 0 Å². The minimum atomic E-state index is -1.21. The Balaban J connectivity index is 1.82. The molecular formula is C18H21NO6.